The Kier molecular flexibility index (Phi) is 5.39. The van der Waals surface area contributed by atoms with Crippen molar-refractivity contribution in [3.05, 3.63) is 34.9 Å². The largest absolute Gasteiger partial charge is 0.465 e. The van der Waals surface area contributed by atoms with Crippen LogP contribution in [0.1, 0.15) is 30.5 Å². The number of epoxide rings is 1. The molecule has 3 rings (SSSR count). The second kappa shape index (κ2) is 7.54. The number of ether oxygens (including phenoxy) is 4. The summed E-state index contributed by atoms with van der Waals surface area (Å²) < 4.78 is 21.1. The highest BCUT2D eigenvalue weighted by molar-refractivity contribution is 6.01. The van der Waals surface area contributed by atoms with E-state index >= 15 is 0 Å². The molecule has 1 heterocycles. The van der Waals surface area contributed by atoms with Gasteiger partial charge < -0.3 is 18.9 Å². The first kappa shape index (κ1) is 17.9. The molecule has 25 heavy (non-hydrogen) atoms. The molecule has 1 aromatic rings. The van der Waals surface area contributed by atoms with Crippen LogP contribution in [0.4, 0.5) is 0 Å². The second-order valence-electron chi connectivity index (χ2n) is 6.45. The smallest absolute Gasteiger partial charge is 0.324 e. The Morgan fingerprint density at radius 2 is 1.76 bits per heavy atom. The molecule has 1 fully saturated rings. The molecule has 136 valence electrons. The van der Waals surface area contributed by atoms with E-state index in [1.165, 1.54) is 0 Å². The van der Waals surface area contributed by atoms with Crippen LogP contribution >= 0.6 is 0 Å². The van der Waals surface area contributed by atoms with Crippen LogP contribution in [0.25, 0.3) is 0 Å². The standard InChI is InChI=1S/C19H24O6/c1-3-23-17(20)19(18(21)24-4-2)8-14-6-5-13(7-15(14)9-19)10-22-11-16-12-25-16/h5-7,16H,3-4,8-12H2,1-2H3. The molecule has 0 spiro atoms. The summed E-state index contributed by atoms with van der Waals surface area (Å²) in [5.74, 6) is -1.01. The predicted molar refractivity (Wildman–Crippen MR) is 88.9 cm³/mol. The SMILES string of the molecule is CCOC(=O)C1(C(=O)OCC)Cc2ccc(COCC3CO3)cc2C1. The zero-order valence-corrected chi connectivity index (χ0v) is 14.7. The van der Waals surface area contributed by atoms with Gasteiger partial charge in [0.1, 0.15) is 6.10 Å². The maximum Gasteiger partial charge on any atom is 0.324 e. The molecule has 1 aliphatic carbocycles. The van der Waals surface area contributed by atoms with Crippen LogP contribution < -0.4 is 0 Å². The molecule has 0 bridgehead atoms. The van der Waals surface area contributed by atoms with Gasteiger partial charge in [-0.15, -0.1) is 0 Å². The molecule has 2 aliphatic rings. The number of esters is 2. The van der Waals surface area contributed by atoms with Crippen LogP contribution in [0.3, 0.4) is 0 Å². The van der Waals surface area contributed by atoms with Gasteiger partial charge in [-0.25, -0.2) is 0 Å². The highest BCUT2D eigenvalue weighted by Gasteiger charge is 2.52. The van der Waals surface area contributed by atoms with Crippen molar-refractivity contribution in [1.29, 1.82) is 0 Å². The summed E-state index contributed by atoms with van der Waals surface area (Å²) in [6.45, 7) is 5.78. The number of hydrogen-bond acceptors (Lipinski definition) is 6. The quantitative estimate of drug-likeness (QED) is 0.405. The number of benzene rings is 1. The zero-order chi connectivity index (χ0) is 17.9. The minimum atomic E-state index is -1.27. The van der Waals surface area contributed by atoms with Crippen molar-refractivity contribution in [2.75, 3.05) is 26.4 Å². The van der Waals surface area contributed by atoms with Gasteiger partial charge in [0, 0.05) is 0 Å². The molecule has 0 amide bonds. The molecular weight excluding hydrogens is 324 g/mol. The Hall–Kier alpha value is -1.92. The third kappa shape index (κ3) is 3.85. The van der Waals surface area contributed by atoms with Gasteiger partial charge in [-0.05, 0) is 43.4 Å². The predicted octanol–water partition coefficient (Wildman–Crippen LogP) is 1.81. The number of carbonyl (C=O) groups is 2. The van der Waals surface area contributed by atoms with Gasteiger partial charge in [0.15, 0.2) is 5.41 Å². The fraction of sp³-hybridized carbons (Fsp3) is 0.579. The molecule has 0 radical (unpaired) electrons. The van der Waals surface area contributed by atoms with Crippen molar-refractivity contribution in [2.24, 2.45) is 5.41 Å². The third-order valence-corrected chi connectivity index (χ3v) is 4.56. The molecule has 1 saturated heterocycles. The van der Waals surface area contributed by atoms with Crippen LogP contribution in [0.5, 0.6) is 0 Å². The average molecular weight is 348 g/mol. The minimum absolute atomic E-state index is 0.231. The Balaban J connectivity index is 1.75. The van der Waals surface area contributed by atoms with E-state index in [4.69, 9.17) is 18.9 Å². The van der Waals surface area contributed by atoms with Gasteiger partial charge in [0.25, 0.3) is 0 Å². The highest BCUT2D eigenvalue weighted by Crippen LogP contribution is 2.40. The summed E-state index contributed by atoms with van der Waals surface area (Å²) in [6.07, 6.45) is 0.853. The van der Waals surface area contributed by atoms with Gasteiger partial charge in [-0.1, -0.05) is 18.2 Å². The maximum absolute atomic E-state index is 12.5. The first-order valence-corrected chi connectivity index (χ1v) is 8.73. The summed E-state index contributed by atoms with van der Waals surface area (Å²) in [4.78, 5) is 25.1. The van der Waals surface area contributed by atoms with E-state index in [1.54, 1.807) is 13.8 Å². The Morgan fingerprint density at radius 1 is 1.12 bits per heavy atom. The highest BCUT2D eigenvalue weighted by atomic mass is 16.6. The lowest BCUT2D eigenvalue weighted by molar-refractivity contribution is -0.171. The van der Waals surface area contributed by atoms with E-state index in [0.29, 0.717) is 26.1 Å². The summed E-state index contributed by atoms with van der Waals surface area (Å²) in [7, 11) is 0. The maximum atomic E-state index is 12.5. The molecule has 1 aliphatic heterocycles. The van der Waals surface area contributed by atoms with Gasteiger partial charge in [-0.2, -0.15) is 0 Å². The first-order valence-electron chi connectivity index (χ1n) is 8.73. The fourth-order valence-corrected chi connectivity index (χ4v) is 3.20. The topological polar surface area (TPSA) is 74.4 Å². The van der Waals surface area contributed by atoms with Gasteiger partial charge in [0.05, 0.1) is 33.0 Å². The monoisotopic (exact) mass is 348 g/mol. The summed E-state index contributed by atoms with van der Waals surface area (Å²) in [5, 5.41) is 0. The molecule has 0 aromatic heterocycles. The lowest BCUT2D eigenvalue weighted by Gasteiger charge is -2.23. The number of hydrogen-bond donors (Lipinski definition) is 0. The van der Waals surface area contributed by atoms with Crippen LogP contribution in [0.15, 0.2) is 18.2 Å². The lowest BCUT2D eigenvalue weighted by Crippen LogP contribution is -2.43. The van der Waals surface area contributed by atoms with Crippen LogP contribution in [0.2, 0.25) is 0 Å². The Morgan fingerprint density at radius 3 is 2.36 bits per heavy atom. The van der Waals surface area contributed by atoms with Gasteiger partial charge in [0.2, 0.25) is 0 Å². The lowest BCUT2D eigenvalue weighted by atomic mass is 9.84. The van der Waals surface area contributed by atoms with Crippen molar-refractivity contribution in [3.63, 3.8) is 0 Å². The van der Waals surface area contributed by atoms with Crippen molar-refractivity contribution < 1.29 is 28.5 Å². The second-order valence-corrected chi connectivity index (χ2v) is 6.45. The molecule has 6 nitrogen and oxygen atoms in total. The van der Waals surface area contributed by atoms with Gasteiger partial charge in [-0.3, -0.25) is 9.59 Å². The summed E-state index contributed by atoms with van der Waals surface area (Å²) >= 11 is 0. The zero-order valence-electron chi connectivity index (χ0n) is 14.7. The van der Waals surface area contributed by atoms with Gasteiger partial charge >= 0.3 is 11.9 Å². The number of rotatable bonds is 8. The number of fused-ring (bicyclic) bond motifs is 1. The Bertz CT molecular complexity index is 631. The molecule has 1 atom stereocenters. The van der Waals surface area contributed by atoms with E-state index in [-0.39, 0.29) is 19.3 Å². The molecule has 0 saturated carbocycles. The Labute approximate surface area is 147 Å². The van der Waals surface area contributed by atoms with E-state index in [1.807, 2.05) is 18.2 Å². The molecule has 6 heteroatoms. The van der Waals surface area contributed by atoms with E-state index in [9.17, 15) is 9.59 Å². The van der Waals surface area contributed by atoms with Crippen molar-refractivity contribution in [2.45, 2.75) is 39.4 Å². The van der Waals surface area contributed by atoms with Crippen molar-refractivity contribution >= 4 is 11.9 Å². The summed E-state index contributed by atoms with van der Waals surface area (Å²) in [6, 6.07) is 5.93. The normalized spacial score (nSPS) is 20.0. The van der Waals surface area contributed by atoms with Crippen LogP contribution in [-0.4, -0.2) is 44.5 Å². The number of carbonyl (C=O) groups excluding carboxylic acids is 2. The molecule has 1 aromatic carbocycles. The first-order chi connectivity index (χ1) is 12.1. The van der Waals surface area contributed by atoms with Crippen LogP contribution in [0, 0.1) is 5.41 Å². The third-order valence-electron chi connectivity index (χ3n) is 4.56. The van der Waals surface area contributed by atoms with Crippen molar-refractivity contribution in [1.82, 2.24) is 0 Å². The van der Waals surface area contributed by atoms with E-state index < -0.39 is 17.4 Å². The fourth-order valence-electron chi connectivity index (χ4n) is 3.20. The molecule has 1 unspecified atom stereocenters. The summed E-state index contributed by atoms with van der Waals surface area (Å²) in [5.41, 5.74) is 1.71. The van der Waals surface area contributed by atoms with Crippen molar-refractivity contribution in [3.8, 4) is 0 Å². The van der Waals surface area contributed by atoms with E-state index in [2.05, 4.69) is 0 Å². The minimum Gasteiger partial charge on any atom is -0.465 e. The molecular formula is C19H24O6. The van der Waals surface area contributed by atoms with Crippen LogP contribution in [-0.2, 0) is 48.0 Å². The van der Waals surface area contributed by atoms with E-state index in [0.717, 1.165) is 23.3 Å². The average Bonchev–Trinajstić information content (AvgIpc) is 3.32. The molecule has 0 N–H and O–H groups in total.